The molecule has 0 radical (unpaired) electrons. The molecule has 1 unspecified atom stereocenters. The Hall–Kier alpha value is -1.14. The fourth-order valence-electron chi connectivity index (χ4n) is 3.05. The standard InChI is InChI=1S/C18H23N3OS.2ClH/c1-13(19)15-7-9-21(10-8-15)18(22)16-12-23-17(20-16)11-14-5-3-2-4-6-14;;/h2-6,12-13,15H,7-11,19H2,1H3;2*1H. The number of halogens is 2. The molecule has 1 saturated heterocycles. The predicted octanol–water partition coefficient (Wildman–Crippen LogP) is 3.78. The molecular formula is C18H25Cl2N3OS. The van der Waals surface area contributed by atoms with Crippen molar-refractivity contribution in [1.82, 2.24) is 9.88 Å². The minimum atomic E-state index is 0. The van der Waals surface area contributed by atoms with Gasteiger partial charge in [0.05, 0.1) is 5.01 Å². The molecule has 2 aromatic rings. The Morgan fingerprint density at radius 3 is 2.52 bits per heavy atom. The van der Waals surface area contributed by atoms with E-state index in [0.717, 1.165) is 37.4 Å². The van der Waals surface area contributed by atoms with E-state index >= 15 is 0 Å². The first kappa shape index (κ1) is 21.9. The second-order valence-electron chi connectivity index (χ2n) is 6.28. The zero-order valence-corrected chi connectivity index (χ0v) is 16.7. The molecule has 2 heterocycles. The minimum Gasteiger partial charge on any atom is -0.337 e. The van der Waals surface area contributed by atoms with Crippen LogP contribution in [0.15, 0.2) is 35.7 Å². The minimum absolute atomic E-state index is 0. The summed E-state index contributed by atoms with van der Waals surface area (Å²) in [5.74, 6) is 0.590. The Kier molecular flexibility index (Phi) is 8.86. The highest BCUT2D eigenvalue weighted by Gasteiger charge is 2.26. The van der Waals surface area contributed by atoms with Crippen LogP contribution in [-0.4, -0.2) is 34.9 Å². The van der Waals surface area contributed by atoms with Gasteiger partial charge in [0.2, 0.25) is 0 Å². The molecule has 7 heteroatoms. The molecule has 25 heavy (non-hydrogen) atoms. The first-order valence-corrected chi connectivity index (χ1v) is 9.04. The molecule has 138 valence electrons. The molecule has 1 aliphatic heterocycles. The van der Waals surface area contributed by atoms with Crippen molar-refractivity contribution in [2.24, 2.45) is 11.7 Å². The quantitative estimate of drug-likeness (QED) is 0.847. The molecule has 0 bridgehead atoms. The molecule has 1 aromatic carbocycles. The Balaban J connectivity index is 0.00000156. The third-order valence-electron chi connectivity index (χ3n) is 4.54. The van der Waals surface area contributed by atoms with E-state index in [4.69, 9.17) is 5.73 Å². The van der Waals surface area contributed by atoms with Crippen molar-refractivity contribution in [3.05, 3.63) is 52.0 Å². The van der Waals surface area contributed by atoms with E-state index in [9.17, 15) is 4.79 Å². The average Bonchev–Trinajstić information content (AvgIpc) is 3.03. The first-order chi connectivity index (χ1) is 11.1. The summed E-state index contributed by atoms with van der Waals surface area (Å²) < 4.78 is 0. The largest absolute Gasteiger partial charge is 0.337 e. The van der Waals surface area contributed by atoms with Crippen LogP contribution in [0.4, 0.5) is 0 Å². The van der Waals surface area contributed by atoms with Gasteiger partial charge >= 0.3 is 0 Å². The van der Waals surface area contributed by atoms with Gasteiger partial charge in [0.25, 0.3) is 5.91 Å². The predicted molar refractivity (Wildman–Crippen MR) is 108 cm³/mol. The molecule has 1 fully saturated rings. The maximum atomic E-state index is 12.6. The lowest BCUT2D eigenvalue weighted by Gasteiger charge is -2.33. The van der Waals surface area contributed by atoms with E-state index in [1.165, 1.54) is 5.56 Å². The van der Waals surface area contributed by atoms with Gasteiger partial charge in [0, 0.05) is 30.9 Å². The van der Waals surface area contributed by atoms with Gasteiger partial charge < -0.3 is 10.6 Å². The smallest absolute Gasteiger partial charge is 0.273 e. The number of hydrogen-bond donors (Lipinski definition) is 1. The lowest BCUT2D eigenvalue weighted by Crippen LogP contribution is -2.42. The molecule has 1 aromatic heterocycles. The van der Waals surface area contributed by atoms with Gasteiger partial charge in [-0.3, -0.25) is 4.79 Å². The van der Waals surface area contributed by atoms with Crippen LogP contribution in [0.2, 0.25) is 0 Å². The lowest BCUT2D eigenvalue weighted by molar-refractivity contribution is 0.0675. The lowest BCUT2D eigenvalue weighted by atomic mass is 9.91. The Labute approximate surface area is 165 Å². The molecule has 2 N–H and O–H groups in total. The number of carbonyl (C=O) groups excluding carboxylic acids is 1. The van der Waals surface area contributed by atoms with Crippen LogP contribution in [0.3, 0.4) is 0 Å². The Bertz CT molecular complexity index is 655. The van der Waals surface area contributed by atoms with Crippen LogP contribution in [0.1, 0.15) is 40.8 Å². The maximum Gasteiger partial charge on any atom is 0.273 e. The van der Waals surface area contributed by atoms with Gasteiger partial charge in [-0.25, -0.2) is 4.98 Å². The summed E-state index contributed by atoms with van der Waals surface area (Å²) in [6.45, 7) is 3.63. The van der Waals surface area contributed by atoms with Gasteiger partial charge in [0.1, 0.15) is 5.69 Å². The first-order valence-electron chi connectivity index (χ1n) is 8.16. The van der Waals surface area contributed by atoms with Crippen LogP contribution in [0.25, 0.3) is 0 Å². The van der Waals surface area contributed by atoms with Crippen molar-refractivity contribution < 1.29 is 4.79 Å². The zero-order valence-electron chi connectivity index (χ0n) is 14.3. The van der Waals surface area contributed by atoms with E-state index in [0.29, 0.717) is 11.6 Å². The normalized spacial score (nSPS) is 15.8. The number of thiazole rings is 1. The van der Waals surface area contributed by atoms with Crippen molar-refractivity contribution >= 4 is 42.1 Å². The number of carbonyl (C=O) groups is 1. The number of likely N-dealkylation sites (tertiary alicyclic amines) is 1. The third-order valence-corrected chi connectivity index (χ3v) is 5.39. The SMILES string of the molecule is CC(N)C1CCN(C(=O)c2csc(Cc3ccccc3)n2)CC1.Cl.Cl. The van der Waals surface area contributed by atoms with Crippen LogP contribution in [-0.2, 0) is 6.42 Å². The van der Waals surface area contributed by atoms with Crippen LogP contribution < -0.4 is 5.73 Å². The van der Waals surface area contributed by atoms with Crippen molar-refractivity contribution in [3.8, 4) is 0 Å². The number of benzene rings is 1. The van der Waals surface area contributed by atoms with E-state index in [2.05, 4.69) is 24.0 Å². The fourth-order valence-corrected chi connectivity index (χ4v) is 3.85. The summed E-state index contributed by atoms with van der Waals surface area (Å²) in [5.41, 5.74) is 7.77. The molecule has 0 spiro atoms. The van der Waals surface area contributed by atoms with Crippen molar-refractivity contribution in [1.29, 1.82) is 0 Å². The highest BCUT2D eigenvalue weighted by Crippen LogP contribution is 2.22. The summed E-state index contributed by atoms with van der Waals surface area (Å²) in [6.07, 6.45) is 2.76. The van der Waals surface area contributed by atoms with Gasteiger partial charge in [-0.15, -0.1) is 36.2 Å². The summed E-state index contributed by atoms with van der Waals surface area (Å²) >= 11 is 1.56. The number of piperidine rings is 1. The average molecular weight is 402 g/mol. The van der Waals surface area contributed by atoms with Crippen molar-refractivity contribution in [3.63, 3.8) is 0 Å². The van der Waals surface area contributed by atoms with Gasteiger partial charge in [-0.2, -0.15) is 0 Å². The van der Waals surface area contributed by atoms with E-state index < -0.39 is 0 Å². The molecule has 0 aliphatic carbocycles. The van der Waals surface area contributed by atoms with Crippen molar-refractivity contribution in [2.75, 3.05) is 13.1 Å². The number of rotatable bonds is 4. The number of amides is 1. The summed E-state index contributed by atoms with van der Waals surface area (Å²) in [7, 11) is 0. The number of aromatic nitrogens is 1. The monoisotopic (exact) mass is 401 g/mol. The molecule has 0 saturated carbocycles. The van der Waals surface area contributed by atoms with Gasteiger partial charge in [0.15, 0.2) is 0 Å². The second-order valence-corrected chi connectivity index (χ2v) is 7.22. The molecule has 1 amide bonds. The highest BCUT2D eigenvalue weighted by molar-refractivity contribution is 7.09. The van der Waals surface area contributed by atoms with Gasteiger partial charge in [-0.05, 0) is 31.2 Å². The fraction of sp³-hybridized carbons (Fsp3) is 0.444. The third kappa shape index (κ3) is 5.68. The Morgan fingerprint density at radius 1 is 1.28 bits per heavy atom. The number of nitrogens with two attached hydrogens (primary N) is 1. The van der Waals surface area contributed by atoms with E-state index in [1.807, 2.05) is 28.5 Å². The summed E-state index contributed by atoms with van der Waals surface area (Å²) in [4.78, 5) is 19.0. The molecule has 1 aliphatic rings. The van der Waals surface area contributed by atoms with Crippen LogP contribution >= 0.6 is 36.2 Å². The van der Waals surface area contributed by atoms with E-state index in [1.54, 1.807) is 11.3 Å². The maximum absolute atomic E-state index is 12.6. The highest BCUT2D eigenvalue weighted by atomic mass is 35.5. The second kappa shape index (κ2) is 10.1. The zero-order chi connectivity index (χ0) is 16.2. The van der Waals surface area contributed by atoms with E-state index in [-0.39, 0.29) is 36.8 Å². The number of hydrogen-bond acceptors (Lipinski definition) is 4. The molecular weight excluding hydrogens is 377 g/mol. The summed E-state index contributed by atoms with van der Waals surface area (Å²) in [6, 6.07) is 10.4. The van der Waals surface area contributed by atoms with Crippen LogP contribution in [0, 0.1) is 5.92 Å². The number of nitrogens with zero attached hydrogens (tertiary/aromatic N) is 2. The van der Waals surface area contributed by atoms with Crippen molar-refractivity contribution in [2.45, 2.75) is 32.2 Å². The topological polar surface area (TPSA) is 59.2 Å². The molecule has 1 atom stereocenters. The molecule has 3 rings (SSSR count). The molecule has 4 nitrogen and oxygen atoms in total. The Morgan fingerprint density at radius 2 is 1.92 bits per heavy atom. The summed E-state index contributed by atoms with van der Waals surface area (Å²) in [5, 5.41) is 2.88. The van der Waals surface area contributed by atoms with Crippen LogP contribution in [0.5, 0.6) is 0 Å². The van der Waals surface area contributed by atoms with Gasteiger partial charge in [-0.1, -0.05) is 30.3 Å².